The van der Waals surface area contributed by atoms with Gasteiger partial charge in [-0.25, -0.2) is 0 Å². The predicted octanol–water partition coefficient (Wildman–Crippen LogP) is 2.56. The third-order valence-electron chi connectivity index (χ3n) is 7.37. The number of morpholine rings is 1. The summed E-state index contributed by atoms with van der Waals surface area (Å²) in [5.41, 5.74) is 0.814. The number of likely N-dealkylation sites (tertiary alicyclic amines) is 1. The zero-order valence-corrected chi connectivity index (χ0v) is 19.6. The maximum atomic E-state index is 12.0. The normalized spacial score (nSPS) is 31.3. The van der Waals surface area contributed by atoms with Crippen LogP contribution in [0.3, 0.4) is 0 Å². The molecule has 3 aliphatic rings. The summed E-state index contributed by atoms with van der Waals surface area (Å²) in [5, 5.41) is 12.2. The van der Waals surface area contributed by atoms with Gasteiger partial charge in [0.05, 0.1) is 37.3 Å². The van der Waals surface area contributed by atoms with Gasteiger partial charge in [-0.2, -0.15) is 0 Å². The van der Waals surface area contributed by atoms with Gasteiger partial charge < -0.3 is 24.6 Å². The highest BCUT2D eigenvalue weighted by Crippen LogP contribution is 2.39. The number of carbonyl (C=O) groups is 2. The molecular weight excluding hydrogens is 424 g/mol. The van der Waals surface area contributed by atoms with E-state index in [-0.39, 0.29) is 42.7 Å². The molecule has 33 heavy (non-hydrogen) atoms. The van der Waals surface area contributed by atoms with Crippen molar-refractivity contribution in [2.75, 3.05) is 33.4 Å². The Balaban J connectivity index is 1.31. The third-order valence-corrected chi connectivity index (χ3v) is 7.37. The quantitative estimate of drug-likeness (QED) is 0.615. The monoisotopic (exact) mass is 460 g/mol. The standard InChI is InChI=1S/C25H36N2O6/c1-17(13-24(29)30)33-21-6-4-3-5-20(21)18-7-9-19(10-8-18)32-14-22-25(11-12-27(22)2)16-31-15-23(28)26-25/h3-6,17-19,22H,7-16H2,1-2H3,(H,26,28)(H,29,30). The van der Waals surface area contributed by atoms with Gasteiger partial charge in [-0.05, 0) is 63.6 Å². The zero-order valence-electron chi connectivity index (χ0n) is 19.6. The number of para-hydroxylation sites is 1. The van der Waals surface area contributed by atoms with Gasteiger partial charge >= 0.3 is 5.97 Å². The van der Waals surface area contributed by atoms with E-state index in [4.69, 9.17) is 19.3 Å². The Morgan fingerprint density at radius 3 is 2.79 bits per heavy atom. The lowest BCUT2D eigenvalue weighted by atomic mass is 9.82. The fourth-order valence-electron chi connectivity index (χ4n) is 5.59. The number of carboxylic acids is 1. The molecule has 3 fully saturated rings. The van der Waals surface area contributed by atoms with Crippen LogP contribution < -0.4 is 10.1 Å². The summed E-state index contributed by atoms with van der Waals surface area (Å²) in [6.07, 6.45) is 4.64. The molecule has 182 valence electrons. The fourth-order valence-corrected chi connectivity index (χ4v) is 5.59. The number of nitrogens with zero attached hydrogens (tertiary/aromatic N) is 1. The van der Waals surface area contributed by atoms with E-state index in [1.165, 1.54) is 0 Å². The number of nitrogens with one attached hydrogen (secondary N) is 1. The molecule has 2 aliphatic heterocycles. The van der Waals surface area contributed by atoms with Crippen LogP contribution in [0.25, 0.3) is 0 Å². The first kappa shape index (κ1) is 24.0. The summed E-state index contributed by atoms with van der Waals surface area (Å²) >= 11 is 0. The second-order valence-corrected chi connectivity index (χ2v) is 9.81. The lowest BCUT2D eigenvalue weighted by Gasteiger charge is -2.41. The van der Waals surface area contributed by atoms with E-state index in [1.807, 2.05) is 18.2 Å². The highest BCUT2D eigenvalue weighted by Gasteiger charge is 2.49. The van der Waals surface area contributed by atoms with Gasteiger partial charge in [0.2, 0.25) is 5.91 Å². The minimum atomic E-state index is -0.855. The molecule has 3 atom stereocenters. The first-order chi connectivity index (χ1) is 15.9. The molecule has 1 aliphatic carbocycles. The molecule has 1 amide bonds. The Kier molecular flexibility index (Phi) is 7.56. The number of hydrogen-bond acceptors (Lipinski definition) is 6. The van der Waals surface area contributed by atoms with Crippen molar-refractivity contribution in [3.8, 4) is 5.75 Å². The topological polar surface area (TPSA) is 97.3 Å². The lowest BCUT2D eigenvalue weighted by Crippen LogP contribution is -2.64. The molecule has 1 aromatic carbocycles. The third kappa shape index (κ3) is 5.67. The summed E-state index contributed by atoms with van der Waals surface area (Å²) < 4.78 is 17.9. The molecule has 1 spiro atoms. The summed E-state index contributed by atoms with van der Waals surface area (Å²) in [7, 11) is 2.09. The van der Waals surface area contributed by atoms with Crippen molar-refractivity contribution in [3.63, 3.8) is 0 Å². The Morgan fingerprint density at radius 2 is 2.06 bits per heavy atom. The number of hydrogen-bond donors (Lipinski definition) is 2. The van der Waals surface area contributed by atoms with Crippen molar-refractivity contribution < 1.29 is 28.9 Å². The van der Waals surface area contributed by atoms with Crippen LogP contribution in [-0.2, 0) is 19.1 Å². The van der Waals surface area contributed by atoms with Crippen molar-refractivity contribution in [2.45, 2.75) is 75.2 Å². The van der Waals surface area contributed by atoms with Gasteiger partial charge in [0.1, 0.15) is 18.5 Å². The number of carbonyl (C=O) groups excluding carboxylic acids is 1. The van der Waals surface area contributed by atoms with Gasteiger partial charge in [0.15, 0.2) is 0 Å². The van der Waals surface area contributed by atoms with E-state index in [2.05, 4.69) is 23.3 Å². The Hall–Kier alpha value is -2.16. The van der Waals surface area contributed by atoms with Gasteiger partial charge in [-0.15, -0.1) is 0 Å². The number of amides is 1. The van der Waals surface area contributed by atoms with Gasteiger partial charge in [-0.3, -0.25) is 14.5 Å². The van der Waals surface area contributed by atoms with E-state index < -0.39 is 5.97 Å². The number of likely N-dealkylation sites (N-methyl/N-ethyl adjacent to an activating group) is 1. The molecule has 3 unspecified atom stereocenters. The second kappa shape index (κ2) is 10.4. The van der Waals surface area contributed by atoms with E-state index in [0.29, 0.717) is 19.1 Å². The van der Waals surface area contributed by atoms with Gasteiger partial charge in [0, 0.05) is 6.54 Å². The molecule has 2 saturated heterocycles. The smallest absolute Gasteiger partial charge is 0.307 e. The summed E-state index contributed by atoms with van der Waals surface area (Å²) in [6, 6.07) is 8.10. The van der Waals surface area contributed by atoms with Crippen LogP contribution in [0.4, 0.5) is 0 Å². The number of ether oxygens (including phenoxy) is 3. The first-order valence-electron chi connectivity index (χ1n) is 12.0. The minimum Gasteiger partial charge on any atom is -0.490 e. The molecule has 8 heteroatoms. The Labute approximate surface area is 195 Å². The van der Waals surface area contributed by atoms with Crippen LogP contribution in [-0.4, -0.2) is 79.1 Å². The van der Waals surface area contributed by atoms with E-state index in [0.717, 1.165) is 50.0 Å². The average molecular weight is 461 g/mol. The largest absolute Gasteiger partial charge is 0.490 e. The maximum Gasteiger partial charge on any atom is 0.307 e. The SMILES string of the molecule is CC(CC(=O)O)Oc1ccccc1C1CCC(OCC2N(C)CCC23COCC(=O)N3)CC1. The Morgan fingerprint density at radius 1 is 1.30 bits per heavy atom. The molecular formula is C25H36N2O6. The van der Waals surface area contributed by atoms with Crippen LogP contribution in [0.15, 0.2) is 24.3 Å². The summed E-state index contributed by atoms with van der Waals surface area (Å²) in [5.74, 6) is 0.273. The van der Waals surface area contributed by atoms with E-state index in [9.17, 15) is 9.59 Å². The number of benzene rings is 1. The molecule has 8 nitrogen and oxygen atoms in total. The second-order valence-electron chi connectivity index (χ2n) is 9.81. The molecule has 0 bridgehead atoms. The Bertz CT molecular complexity index is 836. The van der Waals surface area contributed by atoms with Crippen molar-refractivity contribution in [1.82, 2.24) is 10.2 Å². The van der Waals surface area contributed by atoms with Gasteiger partial charge in [-0.1, -0.05) is 18.2 Å². The van der Waals surface area contributed by atoms with Crippen molar-refractivity contribution in [3.05, 3.63) is 29.8 Å². The summed E-state index contributed by atoms with van der Waals surface area (Å²) in [4.78, 5) is 25.2. The maximum absolute atomic E-state index is 12.0. The fraction of sp³-hybridized carbons (Fsp3) is 0.680. The van der Waals surface area contributed by atoms with Crippen molar-refractivity contribution >= 4 is 11.9 Å². The van der Waals surface area contributed by atoms with E-state index in [1.54, 1.807) is 6.92 Å². The molecule has 1 aromatic rings. The zero-order chi connectivity index (χ0) is 23.4. The van der Waals surface area contributed by atoms with E-state index >= 15 is 0 Å². The predicted molar refractivity (Wildman–Crippen MR) is 122 cm³/mol. The van der Waals surface area contributed by atoms with Gasteiger partial charge in [0.25, 0.3) is 0 Å². The molecule has 1 saturated carbocycles. The average Bonchev–Trinajstić information content (AvgIpc) is 3.06. The first-order valence-corrected chi connectivity index (χ1v) is 12.0. The molecule has 0 aromatic heterocycles. The lowest BCUT2D eigenvalue weighted by molar-refractivity contribution is -0.139. The minimum absolute atomic E-state index is 0.0164. The molecule has 2 N–H and O–H groups in total. The van der Waals surface area contributed by atoms with Crippen LogP contribution in [0.2, 0.25) is 0 Å². The molecule has 4 rings (SSSR count). The van der Waals surface area contributed by atoms with Crippen molar-refractivity contribution in [2.24, 2.45) is 0 Å². The van der Waals surface area contributed by atoms with Crippen molar-refractivity contribution in [1.29, 1.82) is 0 Å². The van der Waals surface area contributed by atoms with Crippen LogP contribution in [0.1, 0.15) is 56.9 Å². The van der Waals surface area contributed by atoms with Crippen LogP contribution in [0, 0.1) is 0 Å². The van der Waals surface area contributed by atoms with Crippen LogP contribution in [0.5, 0.6) is 5.75 Å². The highest BCUT2D eigenvalue weighted by molar-refractivity contribution is 5.79. The highest BCUT2D eigenvalue weighted by atomic mass is 16.5. The number of aliphatic carboxylic acids is 1. The number of carboxylic acid groups (broad SMARTS) is 1. The van der Waals surface area contributed by atoms with Crippen LogP contribution >= 0.6 is 0 Å². The molecule has 0 radical (unpaired) electrons. The number of rotatable bonds is 8. The summed E-state index contributed by atoms with van der Waals surface area (Å²) in [6.45, 7) is 3.98. The molecule has 2 heterocycles.